The van der Waals surface area contributed by atoms with Crippen molar-refractivity contribution >= 4 is 11.0 Å². The quantitative estimate of drug-likeness (QED) is 0.860. The van der Waals surface area contributed by atoms with Crippen LogP contribution < -0.4 is 10.1 Å². The lowest BCUT2D eigenvalue weighted by atomic mass is 10.1. The van der Waals surface area contributed by atoms with Crippen molar-refractivity contribution in [1.82, 2.24) is 5.32 Å². The molecule has 0 amide bonds. The molecule has 0 aliphatic heterocycles. The van der Waals surface area contributed by atoms with Crippen LogP contribution in [0, 0.1) is 11.8 Å². The second-order valence-electron chi connectivity index (χ2n) is 6.62. The molecule has 1 unspecified atom stereocenters. The zero-order valence-corrected chi connectivity index (χ0v) is 12.8. The predicted molar refractivity (Wildman–Crippen MR) is 83.6 cm³/mol. The molecule has 1 aromatic heterocycles. The number of hydrogen-bond donors (Lipinski definition) is 1. The molecule has 3 heteroatoms. The van der Waals surface area contributed by atoms with E-state index in [1.165, 1.54) is 25.7 Å². The minimum atomic E-state index is 0.258. The molecule has 4 rings (SSSR count). The van der Waals surface area contributed by atoms with Crippen molar-refractivity contribution in [3.05, 3.63) is 30.0 Å². The van der Waals surface area contributed by atoms with Crippen LogP contribution in [0.5, 0.6) is 5.75 Å². The zero-order chi connectivity index (χ0) is 14.4. The standard InChI is InChI=1S/C18H23NO2/c1-11(19-17(12-6-7-12)13-8-9-13)16-10-14-4-3-5-15(20-2)18(14)21-16/h3-5,10-13,17,19H,6-9H2,1-2H3. The molecule has 3 nitrogen and oxygen atoms in total. The van der Waals surface area contributed by atoms with E-state index >= 15 is 0 Å². The van der Waals surface area contributed by atoms with Crippen molar-refractivity contribution in [3.8, 4) is 5.75 Å². The molecule has 21 heavy (non-hydrogen) atoms. The second-order valence-corrected chi connectivity index (χ2v) is 6.62. The number of hydrogen-bond acceptors (Lipinski definition) is 3. The fourth-order valence-electron chi connectivity index (χ4n) is 3.37. The summed E-state index contributed by atoms with van der Waals surface area (Å²) in [6, 6.07) is 9.13. The molecule has 2 aromatic rings. The topological polar surface area (TPSA) is 34.4 Å². The first kappa shape index (κ1) is 13.2. The van der Waals surface area contributed by atoms with Crippen LogP contribution in [-0.4, -0.2) is 13.2 Å². The Labute approximate surface area is 125 Å². The Kier molecular flexibility index (Phi) is 3.18. The van der Waals surface area contributed by atoms with Crippen molar-refractivity contribution in [2.24, 2.45) is 11.8 Å². The summed E-state index contributed by atoms with van der Waals surface area (Å²) in [4.78, 5) is 0. The number of nitrogens with one attached hydrogen (secondary N) is 1. The van der Waals surface area contributed by atoms with Gasteiger partial charge >= 0.3 is 0 Å². The fourth-order valence-corrected chi connectivity index (χ4v) is 3.37. The van der Waals surface area contributed by atoms with Crippen molar-refractivity contribution < 1.29 is 9.15 Å². The molecule has 0 saturated heterocycles. The fraction of sp³-hybridized carbons (Fsp3) is 0.556. The van der Waals surface area contributed by atoms with Gasteiger partial charge in [-0.1, -0.05) is 12.1 Å². The van der Waals surface area contributed by atoms with Crippen molar-refractivity contribution in [2.45, 2.75) is 44.7 Å². The SMILES string of the molecule is COc1cccc2cc(C(C)NC(C3CC3)C3CC3)oc12. The van der Waals surface area contributed by atoms with Crippen LogP contribution >= 0.6 is 0 Å². The number of benzene rings is 1. The van der Waals surface area contributed by atoms with Crippen molar-refractivity contribution in [2.75, 3.05) is 7.11 Å². The van der Waals surface area contributed by atoms with Gasteiger partial charge in [0.2, 0.25) is 0 Å². The third-order valence-corrected chi connectivity index (χ3v) is 4.88. The Bertz CT molecular complexity index is 628. The Hall–Kier alpha value is -1.48. The first-order valence-corrected chi connectivity index (χ1v) is 8.09. The molecular formula is C18H23NO2. The summed E-state index contributed by atoms with van der Waals surface area (Å²) in [6.07, 6.45) is 5.59. The van der Waals surface area contributed by atoms with Gasteiger partial charge in [-0.3, -0.25) is 0 Å². The van der Waals surface area contributed by atoms with Crippen LogP contribution in [0.1, 0.15) is 44.4 Å². The molecule has 1 atom stereocenters. The lowest BCUT2D eigenvalue weighted by molar-refractivity contribution is 0.344. The molecule has 1 N–H and O–H groups in total. The molecule has 0 bridgehead atoms. The normalized spacial score (nSPS) is 20.1. The van der Waals surface area contributed by atoms with E-state index in [9.17, 15) is 0 Å². The number of methoxy groups -OCH3 is 1. The lowest BCUT2D eigenvalue weighted by Crippen LogP contribution is -2.35. The lowest BCUT2D eigenvalue weighted by Gasteiger charge is -2.21. The van der Waals surface area contributed by atoms with Crippen LogP contribution in [0.25, 0.3) is 11.0 Å². The molecule has 0 spiro atoms. The van der Waals surface area contributed by atoms with Gasteiger partial charge in [0.1, 0.15) is 5.76 Å². The molecule has 1 heterocycles. The number of rotatable bonds is 6. The first-order chi connectivity index (χ1) is 10.3. The van der Waals surface area contributed by atoms with E-state index in [-0.39, 0.29) is 6.04 Å². The van der Waals surface area contributed by atoms with Gasteiger partial charge in [-0.15, -0.1) is 0 Å². The molecule has 2 aliphatic rings. The average molecular weight is 285 g/mol. The summed E-state index contributed by atoms with van der Waals surface area (Å²) < 4.78 is 11.4. The summed E-state index contributed by atoms with van der Waals surface area (Å²) in [5.41, 5.74) is 0.859. The maximum Gasteiger partial charge on any atom is 0.176 e. The van der Waals surface area contributed by atoms with Gasteiger partial charge in [0.15, 0.2) is 11.3 Å². The number of ether oxygens (including phenoxy) is 1. The largest absolute Gasteiger partial charge is 0.493 e. The summed E-state index contributed by atoms with van der Waals surface area (Å²) in [5.74, 6) is 3.63. The number of para-hydroxylation sites is 1. The van der Waals surface area contributed by atoms with Gasteiger partial charge in [-0.2, -0.15) is 0 Å². The van der Waals surface area contributed by atoms with Crippen molar-refractivity contribution in [1.29, 1.82) is 0 Å². The molecule has 2 saturated carbocycles. The van der Waals surface area contributed by atoms with Gasteiger partial charge < -0.3 is 14.5 Å². The average Bonchev–Trinajstić information content (AvgIpc) is 3.40. The van der Waals surface area contributed by atoms with E-state index in [2.05, 4.69) is 24.4 Å². The number of fused-ring (bicyclic) bond motifs is 1. The molecular weight excluding hydrogens is 262 g/mol. The maximum atomic E-state index is 6.07. The maximum absolute atomic E-state index is 6.07. The highest BCUT2D eigenvalue weighted by molar-refractivity contribution is 5.83. The summed E-state index contributed by atoms with van der Waals surface area (Å²) in [7, 11) is 1.69. The first-order valence-electron chi connectivity index (χ1n) is 8.09. The van der Waals surface area contributed by atoms with Gasteiger partial charge in [-0.05, 0) is 56.6 Å². The van der Waals surface area contributed by atoms with Gasteiger partial charge in [0.25, 0.3) is 0 Å². The Morgan fingerprint density at radius 3 is 2.52 bits per heavy atom. The predicted octanol–water partition coefficient (Wildman–Crippen LogP) is 4.28. The van der Waals surface area contributed by atoms with Crippen molar-refractivity contribution in [3.63, 3.8) is 0 Å². The van der Waals surface area contributed by atoms with Gasteiger partial charge in [-0.25, -0.2) is 0 Å². The van der Waals surface area contributed by atoms with E-state index in [4.69, 9.17) is 9.15 Å². The summed E-state index contributed by atoms with van der Waals surface area (Å²) in [6.45, 7) is 2.21. The zero-order valence-electron chi connectivity index (χ0n) is 12.8. The Balaban J connectivity index is 1.57. The third kappa shape index (κ3) is 2.55. The third-order valence-electron chi connectivity index (χ3n) is 4.88. The Morgan fingerprint density at radius 2 is 1.90 bits per heavy atom. The molecule has 112 valence electrons. The van der Waals surface area contributed by atoms with E-state index in [1.54, 1.807) is 7.11 Å². The highest BCUT2D eigenvalue weighted by atomic mass is 16.5. The monoisotopic (exact) mass is 285 g/mol. The van der Waals surface area contributed by atoms with Crippen LogP contribution in [0.4, 0.5) is 0 Å². The summed E-state index contributed by atoms with van der Waals surface area (Å²) in [5, 5.41) is 4.94. The molecule has 1 aromatic carbocycles. The highest BCUT2D eigenvalue weighted by Gasteiger charge is 2.42. The van der Waals surface area contributed by atoms with Crippen LogP contribution in [0.3, 0.4) is 0 Å². The van der Waals surface area contributed by atoms with Crippen LogP contribution in [-0.2, 0) is 0 Å². The second kappa shape index (κ2) is 5.06. The van der Waals surface area contributed by atoms with E-state index in [0.717, 1.165) is 34.3 Å². The Morgan fingerprint density at radius 1 is 1.19 bits per heavy atom. The van der Waals surface area contributed by atoms with E-state index < -0.39 is 0 Å². The smallest absolute Gasteiger partial charge is 0.176 e. The minimum Gasteiger partial charge on any atom is -0.493 e. The summed E-state index contributed by atoms with van der Waals surface area (Å²) >= 11 is 0. The van der Waals surface area contributed by atoms with Gasteiger partial charge in [0, 0.05) is 11.4 Å². The van der Waals surface area contributed by atoms with E-state index in [0.29, 0.717) is 6.04 Å². The molecule has 2 aliphatic carbocycles. The minimum absolute atomic E-state index is 0.258. The highest BCUT2D eigenvalue weighted by Crippen LogP contribution is 2.45. The molecule has 2 fully saturated rings. The van der Waals surface area contributed by atoms with Crippen LogP contribution in [0.2, 0.25) is 0 Å². The number of furan rings is 1. The van der Waals surface area contributed by atoms with Gasteiger partial charge in [0.05, 0.1) is 13.2 Å². The molecule has 0 radical (unpaired) electrons. The van der Waals surface area contributed by atoms with E-state index in [1.807, 2.05) is 12.1 Å². The van der Waals surface area contributed by atoms with Crippen LogP contribution in [0.15, 0.2) is 28.7 Å².